The number of aliphatic hydroxyl groups is 6. The summed E-state index contributed by atoms with van der Waals surface area (Å²) in [5, 5.41) is 90.5. The second-order valence-electron chi connectivity index (χ2n) is 9.78. The van der Waals surface area contributed by atoms with Gasteiger partial charge >= 0.3 is 0 Å². The Morgan fingerprint density at radius 3 is 2.20 bits per heavy atom. The Bertz CT molecular complexity index is 1490. The van der Waals surface area contributed by atoms with Gasteiger partial charge in [-0.3, -0.25) is 4.79 Å². The van der Waals surface area contributed by atoms with Crippen LogP contribution in [0.1, 0.15) is 6.92 Å². The normalized spacial score (nSPS) is 32.1. The van der Waals surface area contributed by atoms with Crippen LogP contribution in [0.2, 0.25) is 0 Å². The highest BCUT2D eigenvalue weighted by molar-refractivity contribution is 5.88. The van der Waals surface area contributed by atoms with E-state index in [0.717, 1.165) is 24.3 Å². The highest BCUT2D eigenvalue weighted by Crippen LogP contribution is 2.39. The molecule has 15 heteroatoms. The molecule has 3 aromatic rings. The number of fused-ring (bicyclic) bond motifs is 1. The van der Waals surface area contributed by atoms with E-state index in [1.54, 1.807) is 0 Å². The van der Waals surface area contributed by atoms with Crippen molar-refractivity contribution in [1.82, 2.24) is 0 Å². The third-order valence-corrected chi connectivity index (χ3v) is 6.89. The molecule has 9 atom stereocenters. The molecular formula is C26H28O15. The summed E-state index contributed by atoms with van der Waals surface area (Å²) in [6.07, 6.45) is -13.6. The topological polar surface area (TPSA) is 249 Å². The zero-order valence-electron chi connectivity index (χ0n) is 21.3. The molecule has 0 spiro atoms. The number of phenolic OH excluding ortho intramolecular Hbond substituents is 3. The Hall–Kier alpha value is -3.67. The van der Waals surface area contributed by atoms with Crippen molar-refractivity contribution in [2.24, 2.45) is 0 Å². The molecule has 3 heterocycles. The smallest absolute Gasteiger partial charge is 0.239 e. The first-order chi connectivity index (χ1) is 19.4. The summed E-state index contributed by atoms with van der Waals surface area (Å²) in [7, 11) is 0. The quantitative estimate of drug-likeness (QED) is 0.157. The van der Waals surface area contributed by atoms with Crippen LogP contribution >= 0.6 is 0 Å². The highest BCUT2D eigenvalue weighted by Gasteiger charge is 2.43. The maximum atomic E-state index is 13.6. The molecule has 2 aromatic carbocycles. The molecule has 1 aromatic heterocycles. The number of ether oxygens (including phenoxy) is 4. The molecule has 0 radical (unpaired) electrons. The van der Waals surface area contributed by atoms with Crippen LogP contribution in [0.3, 0.4) is 0 Å². The Labute approximate surface area is 230 Å². The van der Waals surface area contributed by atoms with Crippen LogP contribution in [0.25, 0.3) is 22.3 Å². The average Bonchev–Trinajstić information content (AvgIpc) is 2.93. The lowest BCUT2D eigenvalue weighted by Gasteiger charge is -2.38. The number of aliphatic hydroxyl groups excluding tert-OH is 6. The van der Waals surface area contributed by atoms with Gasteiger partial charge < -0.3 is 69.3 Å². The van der Waals surface area contributed by atoms with Crippen molar-refractivity contribution >= 4 is 11.0 Å². The van der Waals surface area contributed by atoms with E-state index >= 15 is 0 Å². The summed E-state index contributed by atoms with van der Waals surface area (Å²) in [6.45, 7) is 1.00. The molecule has 5 rings (SSSR count). The van der Waals surface area contributed by atoms with E-state index < -0.39 is 95.7 Å². The Morgan fingerprint density at radius 1 is 0.780 bits per heavy atom. The molecule has 2 unspecified atom stereocenters. The standard InChI is InChI=1S/C26H28O15/c1-8-17(31)20(34)22(36)26(38-8)39-10-5-13(29)16-15(6-10)40-23(9-2-3-11(27)12(28)4-9)24(19(16)33)41-25-21(35)18(32)14(30)7-37-25/h2-6,8,14,17-18,20-22,25-32,34-36H,7H2,1H3/t8-,14-,17-,18-,20+,21+,22+,25?,26?/m0/s1. The second-order valence-corrected chi connectivity index (χ2v) is 9.78. The maximum Gasteiger partial charge on any atom is 0.239 e. The van der Waals surface area contributed by atoms with E-state index in [-0.39, 0.29) is 22.7 Å². The first-order valence-corrected chi connectivity index (χ1v) is 12.4. The average molecular weight is 580 g/mol. The van der Waals surface area contributed by atoms with Crippen LogP contribution < -0.4 is 14.9 Å². The Balaban J connectivity index is 1.60. The predicted molar refractivity (Wildman–Crippen MR) is 134 cm³/mol. The Kier molecular flexibility index (Phi) is 7.71. The largest absolute Gasteiger partial charge is 0.507 e. The van der Waals surface area contributed by atoms with Crippen LogP contribution in [-0.4, -0.2) is 108 Å². The van der Waals surface area contributed by atoms with Gasteiger partial charge in [-0.2, -0.15) is 0 Å². The molecule has 222 valence electrons. The van der Waals surface area contributed by atoms with Gasteiger partial charge in [-0.15, -0.1) is 0 Å². The molecule has 2 fully saturated rings. The summed E-state index contributed by atoms with van der Waals surface area (Å²) in [4.78, 5) is 13.6. The monoisotopic (exact) mass is 580 g/mol. The molecule has 15 nitrogen and oxygen atoms in total. The molecule has 0 saturated carbocycles. The number of benzene rings is 2. The van der Waals surface area contributed by atoms with Gasteiger partial charge in [0.2, 0.25) is 23.8 Å². The molecule has 2 aliphatic heterocycles. The first kappa shape index (κ1) is 28.8. The van der Waals surface area contributed by atoms with Crippen molar-refractivity contribution in [3.8, 4) is 40.1 Å². The second kappa shape index (κ2) is 11.0. The molecular weight excluding hydrogens is 552 g/mol. The van der Waals surface area contributed by atoms with E-state index in [1.807, 2.05) is 0 Å². The summed E-state index contributed by atoms with van der Waals surface area (Å²) < 4.78 is 27.7. The van der Waals surface area contributed by atoms with Crippen LogP contribution in [0.5, 0.6) is 28.7 Å². The fraction of sp³-hybridized carbons (Fsp3) is 0.423. The van der Waals surface area contributed by atoms with Crippen LogP contribution in [0.4, 0.5) is 0 Å². The Morgan fingerprint density at radius 2 is 1.49 bits per heavy atom. The SMILES string of the molecule is C[C@@H]1OC(Oc2cc(O)c3c(=O)c(OC4OC[C@H](O)[C@H](O)[C@H]4O)c(-c4ccc(O)c(O)c4)oc3c2)[C@H](O)[C@H](O)[C@H]1O. The van der Waals surface area contributed by atoms with E-state index in [2.05, 4.69) is 0 Å². The van der Waals surface area contributed by atoms with Crippen molar-refractivity contribution in [1.29, 1.82) is 0 Å². The van der Waals surface area contributed by atoms with Crippen molar-refractivity contribution in [2.75, 3.05) is 6.61 Å². The lowest BCUT2D eigenvalue weighted by Crippen LogP contribution is -2.58. The molecule has 2 saturated heterocycles. The van der Waals surface area contributed by atoms with Crippen molar-refractivity contribution < 1.29 is 69.3 Å². The predicted octanol–water partition coefficient (Wildman–Crippen LogP) is -1.40. The molecule has 0 bridgehead atoms. The fourth-order valence-electron chi connectivity index (χ4n) is 4.53. The number of hydrogen-bond acceptors (Lipinski definition) is 15. The fourth-order valence-corrected chi connectivity index (χ4v) is 4.53. The van der Waals surface area contributed by atoms with Gasteiger partial charge in [0.15, 0.2) is 17.3 Å². The van der Waals surface area contributed by atoms with Crippen molar-refractivity contribution in [2.45, 2.75) is 62.2 Å². The lowest BCUT2D eigenvalue weighted by molar-refractivity contribution is -0.268. The van der Waals surface area contributed by atoms with Gasteiger partial charge in [-0.1, -0.05) is 0 Å². The summed E-state index contributed by atoms with van der Waals surface area (Å²) >= 11 is 0. The summed E-state index contributed by atoms with van der Waals surface area (Å²) in [5.74, 6) is -2.88. The summed E-state index contributed by atoms with van der Waals surface area (Å²) in [6, 6.07) is 5.57. The van der Waals surface area contributed by atoms with Gasteiger partial charge in [0.25, 0.3) is 0 Å². The number of hydrogen-bond donors (Lipinski definition) is 9. The molecule has 41 heavy (non-hydrogen) atoms. The van der Waals surface area contributed by atoms with Crippen LogP contribution in [0, 0.1) is 0 Å². The molecule has 2 aliphatic rings. The molecule has 9 N–H and O–H groups in total. The molecule has 0 amide bonds. The summed E-state index contributed by atoms with van der Waals surface area (Å²) in [5.41, 5.74) is -1.25. The van der Waals surface area contributed by atoms with Gasteiger partial charge in [0.05, 0.1) is 12.7 Å². The van der Waals surface area contributed by atoms with Crippen molar-refractivity contribution in [3.05, 3.63) is 40.6 Å². The minimum absolute atomic E-state index is 0.00274. The first-order valence-electron chi connectivity index (χ1n) is 12.4. The van der Waals surface area contributed by atoms with Gasteiger partial charge in [-0.25, -0.2) is 0 Å². The van der Waals surface area contributed by atoms with Crippen LogP contribution in [0.15, 0.2) is 39.5 Å². The third kappa shape index (κ3) is 5.25. The number of aromatic hydroxyl groups is 3. The minimum atomic E-state index is -1.79. The number of rotatable bonds is 5. The zero-order valence-corrected chi connectivity index (χ0v) is 21.3. The van der Waals surface area contributed by atoms with Crippen molar-refractivity contribution in [3.63, 3.8) is 0 Å². The zero-order chi connectivity index (χ0) is 29.7. The maximum absolute atomic E-state index is 13.6. The van der Waals surface area contributed by atoms with Crippen LogP contribution in [-0.2, 0) is 9.47 Å². The molecule has 0 aliphatic carbocycles. The van der Waals surface area contributed by atoms with E-state index in [9.17, 15) is 50.8 Å². The van der Waals surface area contributed by atoms with E-state index in [4.69, 9.17) is 23.4 Å². The van der Waals surface area contributed by atoms with E-state index in [1.165, 1.54) is 13.0 Å². The number of phenols is 3. The third-order valence-electron chi connectivity index (χ3n) is 6.89. The van der Waals surface area contributed by atoms with Gasteiger partial charge in [0.1, 0.15) is 59.1 Å². The minimum Gasteiger partial charge on any atom is -0.507 e. The van der Waals surface area contributed by atoms with Gasteiger partial charge in [-0.05, 0) is 25.1 Å². The highest BCUT2D eigenvalue weighted by atomic mass is 16.7. The van der Waals surface area contributed by atoms with E-state index in [0.29, 0.717) is 0 Å². The lowest BCUT2D eigenvalue weighted by atomic mass is 10.00. The van der Waals surface area contributed by atoms with Gasteiger partial charge in [0, 0.05) is 17.7 Å².